The summed E-state index contributed by atoms with van der Waals surface area (Å²) in [5, 5.41) is 10.3. The van der Waals surface area contributed by atoms with Gasteiger partial charge in [0.1, 0.15) is 5.76 Å². The lowest BCUT2D eigenvalue weighted by Gasteiger charge is -2.16. The third-order valence-corrected chi connectivity index (χ3v) is 4.95. The van der Waals surface area contributed by atoms with Gasteiger partial charge in [-0.15, -0.1) is 24.0 Å². The van der Waals surface area contributed by atoms with E-state index in [1.807, 2.05) is 62.4 Å². The molecule has 0 aliphatic rings. The Balaban J connectivity index is 0.00000363. The molecule has 0 radical (unpaired) electrons. The van der Waals surface area contributed by atoms with Crippen LogP contribution < -0.4 is 20.7 Å². The summed E-state index contributed by atoms with van der Waals surface area (Å²) in [7, 11) is 3.37. The van der Waals surface area contributed by atoms with Crippen molar-refractivity contribution in [2.45, 2.75) is 26.3 Å². The number of rotatable bonds is 8. The summed E-state index contributed by atoms with van der Waals surface area (Å²) < 4.78 is 11.7. The maximum absolute atomic E-state index is 11.8. The van der Waals surface area contributed by atoms with Gasteiger partial charge < -0.3 is 25.1 Å². The summed E-state index contributed by atoms with van der Waals surface area (Å²) in [6.45, 7) is 5.25. The second kappa shape index (κ2) is 12.3. The van der Waals surface area contributed by atoms with Gasteiger partial charge >= 0.3 is 0 Å². The number of carbonyl (C=O) groups excluding carboxylic acids is 1. The molecule has 7 nitrogen and oxygen atoms in total. The van der Waals surface area contributed by atoms with Gasteiger partial charge in [0, 0.05) is 31.6 Å². The van der Waals surface area contributed by atoms with E-state index >= 15 is 0 Å². The first-order valence-corrected chi connectivity index (χ1v) is 10.5. The predicted octanol–water partition coefficient (Wildman–Crippen LogP) is 4.28. The number of ether oxygens (including phenoxy) is 1. The number of carbonyl (C=O) groups is 1. The first kappa shape index (κ1) is 25.5. The summed E-state index contributed by atoms with van der Waals surface area (Å²) in [6, 6.07) is 15.5. The van der Waals surface area contributed by atoms with Crippen LogP contribution in [0.1, 0.15) is 41.6 Å². The number of hydrogen-bond acceptors (Lipinski definition) is 4. The Morgan fingerprint density at radius 1 is 1.19 bits per heavy atom. The Morgan fingerprint density at radius 3 is 2.69 bits per heavy atom. The van der Waals surface area contributed by atoms with E-state index in [4.69, 9.17) is 9.15 Å². The molecule has 3 rings (SSSR count). The topological polar surface area (TPSA) is 87.9 Å². The maximum Gasteiger partial charge on any atom is 0.251 e. The fourth-order valence-electron chi connectivity index (χ4n) is 3.35. The molecule has 0 saturated heterocycles. The van der Waals surface area contributed by atoms with Gasteiger partial charge in [-0.1, -0.05) is 24.3 Å². The number of para-hydroxylation sites is 1. The van der Waals surface area contributed by atoms with Crippen LogP contribution in [0.5, 0.6) is 5.75 Å². The van der Waals surface area contributed by atoms with E-state index < -0.39 is 0 Å². The average Bonchev–Trinajstić information content (AvgIpc) is 3.24. The van der Waals surface area contributed by atoms with E-state index in [1.54, 1.807) is 14.1 Å². The van der Waals surface area contributed by atoms with Gasteiger partial charge in [0.15, 0.2) is 17.3 Å². The minimum absolute atomic E-state index is 0. The molecule has 0 aliphatic heterocycles. The number of nitrogens with one attached hydrogen (secondary N) is 3. The summed E-state index contributed by atoms with van der Waals surface area (Å²) in [6.07, 6.45) is 0.766. The van der Waals surface area contributed by atoms with Gasteiger partial charge in [0.05, 0.1) is 12.6 Å². The number of fused-ring (bicyclic) bond motifs is 1. The molecule has 0 spiro atoms. The van der Waals surface area contributed by atoms with Crippen LogP contribution in [0.15, 0.2) is 57.9 Å². The fraction of sp³-hybridized carbons (Fsp3) is 0.333. The normalized spacial score (nSPS) is 12.1. The molecule has 1 atom stereocenters. The highest BCUT2D eigenvalue weighted by molar-refractivity contribution is 14.0. The maximum atomic E-state index is 11.8. The summed E-state index contributed by atoms with van der Waals surface area (Å²) >= 11 is 0. The summed E-state index contributed by atoms with van der Waals surface area (Å²) in [4.78, 5) is 16.1. The van der Waals surface area contributed by atoms with E-state index in [0.717, 1.165) is 34.5 Å². The minimum atomic E-state index is -0.0839. The molecule has 0 aliphatic carbocycles. The number of amides is 1. The lowest BCUT2D eigenvalue weighted by Crippen LogP contribution is -2.39. The zero-order valence-electron chi connectivity index (χ0n) is 18.9. The Bertz CT molecular complexity index is 1060. The molecule has 1 unspecified atom stereocenters. The van der Waals surface area contributed by atoms with E-state index in [-0.39, 0.29) is 35.9 Å². The van der Waals surface area contributed by atoms with E-state index in [0.29, 0.717) is 24.7 Å². The van der Waals surface area contributed by atoms with E-state index in [9.17, 15) is 4.79 Å². The third-order valence-electron chi connectivity index (χ3n) is 4.95. The number of benzene rings is 2. The molecule has 1 amide bonds. The SMILES string of the molecule is CCOc1cccc2cc(C(C)NC(=NC)NCCc3cccc(C(=O)NC)c3)oc12.I. The van der Waals surface area contributed by atoms with Crippen molar-refractivity contribution in [3.8, 4) is 5.75 Å². The van der Waals surface area contributed by atoms with Crippen molar-refractivity contribution in [2.75, 3.05) is 27.2 Å². The summed E-state index contributed by atoms with van der Waals surface area (Å²) in [5.74, 6) is 2.16. The number of furan rings is 1. The molecule has 3 aromatic rings. The van der Waals surface area contributed by atoms with Crippen molar-refractivity contribution < 1.29 is 13.9 Å². The first-order valence-electron chi connectivity index (χ1n) is 10.5. The van der Waals surface area contributed by atoms with Crippen LogP contribution >= 0.6 is 24.0 Å². The van der Waals surface area contributed by atoms with Crippen LogP contribution in [0.3, 0.4) is 0 Å². The smallest absolute Gasteiger partial charge is 0.251 e. The quantitative estimate of drug-likeness (QED) is 0.222. The number of aliphatic imine (C=N–C) groups is 1. The van der Waals surface area contributed by atoms with Crippen LogP contribution in [0.4, 0.5) is 0 Å². The van der Waals surface area contributed by atoms with Gasteiger partial charge in [-0.3, -0.25) is 9.79 Å². The van der Waals surface area contributed by atoms with Crippen molar-refractivity contribution in [3.05, 3.63) is 65.4 Å². The highest BCUT2D eigenvalue weighted by Gasteiger charge is 2.15. The van der Waals surface area contributed by atoms with Crippen LogP contribution in [0, 0.1) is 0 Å². The van der Waals surface area contributed by atoms with Crippen molar-refractivity contribution >= 4 is 46.8 Å². The minimum Gasteiger partial charge on any atom is -0.490 e. The van der Waals surface area contributed by atoms with Crippen LogP contribution in [0.2, 0.25) is 0 Å². The molecule has 172 valence electrons. The molecule has 2 aromatic carbocycles. The fourth-order valence-corrected chi connectivity index (χ4v) is 3.35. The molecule has 1 aromatic heterocycles. The molecule has 32 heavy (non-hydrogen) atoms. The highest BCUT2D eigenvalue weighted by Crippen LogP contribution is 2.31. The second-order valence-corrected chi connectivity index (χ2v) is 7.15. The van der Waals surface area contributed by atoms with Gasteiger partial charge in [-0.25, -0.2) is 0 Å². The number of halogens is 1. The Kier molecular flexibility index (Phi) is 9.83. The Morgan fingerprint density at radius 2 is 1.97 bits per heavy atom. The van der Waals surface area contributed by atoms with E-state index in [1.165, 1.54) is 0 Å². The molecule has 8 heteroatoms. The lowest BCUT2D eigenvalue weighted by molar-refractivity contribution is 0.0963. The van der Waals surface area contributed by atoms with E-state index in [2.05, 4.69) is 20.9 Å². The average molecular weight is 550 g/mol. The molecule has 3 N–H and O–H groups in total. The highest BCUT2D eigenvalue weighted by atomic mass is 127. The Hall–Kier alpha value is -2.75. The number of hydrogen-bond donors (Lipinski definition) is 3. The standard InChI is InChI=1S/C24H30N4O3.HI/c1-5-30-20-11-7-9-18-15-21(31-22(18)20)16(2)28-24(26-4)27-13-12-17-8-6-10-19(14-17)23(29)25-3;/h6-11,14-16H,5,12-13H2,1-4H3,(H,25,29)(H2,26,27,28);1H. The number of guanidine groups is 1. The molecule has 0 bridgehead atoms. The third kappa shape index (κ3) is 6.38. The van der Waals surface area contributed by atoms with Crippen LogP contribution in [-0.2, 0) is 6.42 Å². The van der Waals surface area contributed by atoms with Gasteiger partial charge in [-0.05, 0) is 50.1 Å². The molecule has 1 heterocycles. The summed E-state index contributed by atoms with van der Waals surface area (Å²) in [5.41, 5.74) is 2.50. The second-order valence-electron chi connectivity index (χ2n) is 7.15. The van der Waals surface area contributed by atoms with Crippen molar-refractivity contribution in [1.82, 2.24) is 16.0 Å². The molecular weight excluding hydrogens is 519 g/mol. The van der Waals surface area contributed by atoms with Gasteiger partial charge in [0.25, 0.3) is 5.91 Å². The Labute approximate surface area is 206 Å². The monoisotopic (exact) mass is 550 g/mol. The van der Waals surface area contributed by atoms with Crippen molar-refractivity contribution in [3.63, 3.8) is 0 Å². The number of nitrogens with zero attached hydrogens (tertiary/aromatic N) is 1. The van der Waals surface area contributed by atoms with Crippen molar-refractivity contribution in [1.29, 1.82) is 0 Å². The van der Waals surface area contributed by atoms with Crippen LogP contribution in [-0.4, -0.2) is 39.1 Å². The molecule has 0 saturated carbocycles. The van der Waals surface area contributed by atoms with Gasteiger partial charge in [0.2, 0.25) is 0 Å². The lowest BCUT2D eigenvalue weighted by atomic mass is 10.1. The van der Waals surface area contributed by atoms with Gasteiger partial charge in [-0.2, -0.15) is 0 Å². The molecule has 0 fully saturated rings. The first-order chi connectivity index (χ1) is 15.0. The zero-order chi connectivity index (χ0) is 22.2. The largest absolute Gasteiger partial charge is 0.490 e. The van der Waals surface area contributed by atoms with Crippen LogP contribution in [0.25, 0.3) is 11.0 Å². The predicted molar refractivity (Wildman–Crippen MR) is 139 cm³/mol. The van der Waals surface area contributed by atoms with Crippen molar-refractivity contribution in [2.24, 2.45) is 4.99 Å². The zero-order valence-corrected chi connectivity index (χ0v) is 21.2. The molecular formula is C24H31IN4O3.